The second kappa shape index (κ2) is 5.89. The van der Waals surface area contributed by atoms with E-state index in [9.17, 15) is 18.7 Å². The number of nitrogens with zero attached hydrogens (tertiary/aromatic N) is 3. The number of carbonyl (C=O) groups excluding carboxylic acids is 1. The number of β-amino-alcohol motifs (C(OH)–C–C–N with tert-alkyl or cyclic N) is 1. The van der Waals surface area contributed by atoms with Crippen LogP contribution < -0.4 is 0 Å². The van der Waals surface area contributed by atoms with Crippen molar-refractivity contribution in [1.82, 2.24) is 20.3 Å². The first-order valence-electron chi connectivity index (χ1n) is 7.77. The molecule has 0 spiro atoms. The number of H-pyrrole nitrogens is 1. The second-order valence-electron chi connectivity index (χ2n) is 6.06. The Balaban J connectivity index is 1.71. The standard InChI is InChI=1S/C17H14F2N4O2/c18-10-2-3-13(19)12(6-10)16-7-11(24)8-23(16)17(25)9-1-4-14-15(5-9)21-22-20-14/h1-6,11,16,24H,7-8H2,(H,20,21,22)/t11-,16+/m0/s1. The molecule has 4 rings (SSSR count). The van der Waals surface area contributed by atoms with E-state index in [-0.39, 0.29) is 24.4 Å². The molecule has 2 heterocycles. The summed E-state index contributed by atoms with van der Waals surface area (Å²) >= 11 is 0. The number of carbonyl (C=O) groups is 1. The van der Waals surface area contributed by atoms with Crippen LogP contribution in [0.1, 0.15) is 28.4 Å². The molecule has 0 aliphatic carbocycles. The van der Waals surface area contributed by atoms with Crippen LogP contribution in [0.2, 0.25) is 0 Å². The molecular weight excluding hydrogens is 330 g/mol. The number of halogens is 2. The van der Waals surface area contributed by atoms with Gasteiger partial charge in [-0.25, -0.2) is 8.78 Å². The maximum atomic E-state index is 14.1. The number of aromatic amines is 1. The van der Waals surface area contributed by atoms with Crippen molar-refractivity contribution >= 4 is 16.9 Å². The lowest BCUT2D eigenvalue weighted by Gasteiger charge is -2.25. The minimum Gasteiger partial charge on any atom is -0.391 e. The first-order chi connectivity index (χ1) is 12.0. The third-order valence-electron chi connectivity index (χ3n) is 4.42. The van der Waals surface area contributed by atoms with Crippen LogP contribution in [-0.2, 0) is 0 Å². The lowest BCUT2D eigenvalue weighted by atomic mass is 10.0. The van der Waals surface area contributed by atoms with Gasteiger partial charge in [-0.1, -0.05) is 0 Å². The molecule has 1 fully saturated rings. The van der Waals surface area contributed by atoms with Crippen molar-refractivity contribution in [3.63, 3.8) is 0 Å². The quantitative estimate of drug-likeness (QED) is 0.747. The first kappa shape index (κ1) is 15.6. The summed E-state index contributed by atoms with van der Waals surface area (Å²) in [7, 11) is 0. The van der Waals surface area contributed by atoms with Crippen LogP contribution in [-0.4, -0.2) is 44.0 Å². The van der Waals surface area contributed by atoms with Crippen molar-refractivity contribution in [3.05, 3.63) is 59.2 Å². The molecule has 25 heavy (non-hydrogen) atoms. The molecular formula is C17H14F2N4O2. The molecule has 0 radical (unpaired) electrons. The van der Waals surface area contributed by atoms with Gasteiger partial charge in [0.25, 0.3) is 5.91 Å². The number of hydrogen-bond donors (Lipinski definition) is 2. The molecule has 1 saturated heterocycles. The molecule has 1 aromatic heterocycles. The summed E-state index contributed by atoms with van der Waals surface area (Å²) in [6, 6.07) is 7.21. The lowest BCUT2D eigenvalue weighted by molar-refractivity contribution is 0.0714. The lowest BCUT2D eigenvalue weighted by Crippen LogP contribution is -2.32. The van der Waals surface area contributed by atoms with Gasteiger partial charge in [-0.3, -0.25) is 4.79 Å². The SMILES string of the molecule is O=C(c1ccc2n[nH]nc2c1)N1C[C@@H](O)C[C@@H]1c1cc(F)ccc1F. The number of hydrogen-bond acceptors (Lipinski definition) is 4. The van der Waals surface area contributed by atoms with Crippen molar-refractivity contribution in [2.75, 3.05) is 6.54 Å². The number of fused-ring (bicyclic) bond motifs is 1. The summed E-state index contributed by atoms with van der Waals surface area (Å²) in [5.74, 6) is -1.57. The Labute approximate surface area is 141 Å². The van der Waals surface area contributed by atoms with Gasteiger partial charge in [0.1, 0.15) is 22.7 Å². The number of rotatable bonds is 2. The molecule has 0 bridgehead atoms. The van der Waals surface area contributed by atoms with E-state index in [0.717, 1.165) is 18.2 Å². The molecule has 1 aliphatic heterocycles. The second-order valence-corrected chi connectivity index (χ2v) is 6.06. The van der Waals surface area contributed by atoms with Gasteiger partial charge in [0.2, 0.25) is 0 Å². The zero-order chi connectivity index (χ0) is 17.6. The fourth-order valence-corrected chi connectivity index (χ4v) is 3.24. The van der Waals surface area contributed by atoms with E-state index in [2.05, 4.69) is 15.4 Å². The Morgan fingerprint density at radius 3 is 2.80 bits per heavy atom. The van der Waals surface area contributed by atoms with E-state index < -0.39 is 23.8 Å². The van der Waals surface area contributed by atoms with Crippen molar-refractivity contribution in [1.29, 1.82) is 0 Å². The summed E-state index contributed by atoms with van der Waals surface area (Å²) in [5.41, 5.74) is 1.55. The van der Waals surface area contributed by atoms with E-state index in [1.54, 1.807) is 18.2 Å². The minimum absolute atomic E-state index is 0.0519. The van der Waals surface area contributed by atoms with E-state index in [0.29, 0.717) is 16.6 Å². The monoisotopic (exact) mass is 344 g/mol. The Kier molecular flexibility index (Phi) is 3.69. The average Bonchev–Trinajstić information content (AvgIpc) is 3.22. The fraction of sp³-hybridized carbons (Fsp3) is 0.235. The molecule has 128 valence electrons. The van der Waals surface area contributed by atoms with E-state index in [1.165, 1.54) is 4.90 Å². The van der Waals surface area contributed by atoms with Gasteiger partial charge in [-0.15, -0.1) is 0 Å². The summed E-state index contributed by atoms with van der Waals surface area (Å²) < 4.78 is 27.7. The topological polar surface area (TPSA) is 82.1 Å². The highest BCUT2D eigenvalue weighted by atomic mass is 19.1. The Morgan fingerprint density at radius 1 is 1.16 bits per heavy atom. The molecule has 8 heteroatoms. The van der Waals surface area contributed by atoms with Gasteiger partial charge in [0, 0.05) is 17.7 Å². The maximum absolute atomic E-state index is 14.1. The van der Waals surface area contributed by atoms with Gasteiger partial charge >= 0.3 is 0 Å². The molecule has 2 N–H and O–H groups in total. The molecule has 6 nitrogen and oxygen atoms in total. The maximum Gasteiger partial charge on any atom is 0.254 e. The van der Waals surface area contributed by atoms with E-state index in [1.807, 2.05) is 0 Å². The highest BCUT2D eigenvalue weighted by molar-refractivity contribution is 5.97. The number of amides is 1. The highest BCUT2D eigenvalue weighted by Gasteiger charge is 2.37. The van der Waals surface area contributed by atoms with Crippen LogP contribution >= 0.6 is 0 Å². The largest absolute Gasteiger partial charge is 0.391 e. The third-order valence-corrected chi connectivity index (χ3v) is 4.42. The van der Waals surface area contributed by atoms with Crippen molar-refractivity contribution in [2.24, 2.45) is 0 Å². The normalized spacial score (nSPS) is 20.4. The number of benzene rings is 2. The number of nitrogens with one attached hydrogen (secondary N) is 1. The molecule has 2 aromatic carbocycles. The predicted molar refractivity (Wildman–Crippen MR) is 84.6 cm³/mol. The highest BCUT2D eigenvalue weighted by Crippen LogP contribution is 2.35. The fourth-order valence-electron chi connectivity index (χ4n) is 3.24. The van der Waals surface area contributed by atoms with Crippen molar-refractivity contribution in [2.45, 2.75) is 18.6 Å². The van der Waals surface area contributed by atoms with Crippen LogP contribution in [0.4, 0.5) is 8.78 Å². The summed E-state index contributed by atoms with van der Waals surface area (Å²) in [6.45, 7) is 0.0519. The number of aromatic nitrogens is 3. The summed E-state index contributed by atoms with van der Waals surface area (Å²) in [5, 5.41) is 20.3. The van der Waals surface area contributed by atoms with Gasteiger partial charge in [-0.2, -0.15) is 15.4 Å². The number of aliphatic hydroxyl groups is 1. The van der Waals surface area contributed by atoms with E-state index in [4.69, 9.17) is 0 Å². The minimum atomic E-state index is -0.799. The van der Waals surface area contributed by atoms with Crippen molar-refractivity contribution in [3.8, 4) is 0 Å². The average molecular weight is 344 g/mol. The van der Waals surface area contributed by atoms with Gasteiger partial charge < -0.3 is 10.0 Å². The molecule has 3 aromatic rings. The van der Waals surface area contributed by atoms with Gasteiger partial charge in [-0.05, 0) is 42.8 Å². The first-order valence-corrected chi connectivity index (χ1v) is 7.77. The Hall–Kier alpha value is -2.87. The number of likely N-dealkylation sites (tertiary alicyclic amines) is 1. The smallest absolute Gasteiger partial charge is 0.254 e. The van der Waals surface area contributed by atoms with Gasteiger partial charge in [0.15, 0.2) is 0 Å². The van der Waals surface area contributed by atoms with E-state index >= 15 is 0 Å². The predicted octanol–water partition coefficient (Wildman–Crippen LogP) is 2.18. The zero-order valence-corrected chi connectivity index (χ0v) is 13.0. The Morgan fingerprint density at radius 2 is 1.96 bits per heavy atom. The summed E-state index contributed by atoms with van der Waals surface area (Å²) in [4.78, 5) is 14.2. The van der Waals surface area contributed by atoms with Crippen LogP contribution in [0.25, 0.3) is 11.0 Å². The Bertz CT molecular complexity index is 959. The van der Waals surface area contributed by atoms with Crippen LogP contribution in [0, 0.1) is 11.6 Å². The molecule has 0 saturated carbocycles. The molecule has 1 aliphatic rings. The summed E-state index contributed by atoms with van der Waals surface area (Å²) in [6.07, 6.45) is -0.648. The molecule has 2 atom stereocenters. The molecule has 1 amide bonds. The molecule has 0 unspecified atom stereocenters. The third kappa shape index (κ3) is 2.74. The zero-order valence-electron chi connectivity index (χ0n) is 13.0. The van der Waals surface area contributed by atoms with Crippen molar-refractivity contribution < 1.29 is 18.7 Å². The number of aliphatic hydroxyl groups excluding tert-OH is 1. The van der Waals surface area contributed by atoms with Crippen LogP contribution in [0.15, 0.2) is 36.4 Å². The van der Waals surface area contributed by atoms with Crippen LogP contribution in [0.3, 0.4) is 0 Å². The van der Waals surface area contributed by atoms with Crippen LogP contribution in [0.5, 0.6) is 0 Å². The van der Waals surface area contributed by atoms with Gasteiger partial charge in [0.05, 0.1) is 12.1 Å².